The number of nitrogens with one attached hydrogen (secondary N) is 1. The molecule has 1 aliphatic heterocycles. The molecule has 6 rings (SSSR count). The third kappa shape index (κ3) is 6.10. The van der Waals surface area contributed by atoms with Crippen molar-refractivity contribution in [3.8, 4) is 28.7 Å². The summed E-state index contributed by atoms with van der Waals surface area (Å²) in [5.74, 6) is 0.947. The zero-order chi connectivity index (χ0) is 29.2. The Morgan fingerprint density at radius 1 is 1.07 bits per heavy atom. The smallest absolute Gasteiger partial charge is 0.350 e. The average Bonchev–Trinajstić information content (AvgIpc) is 3.36. The number of likely N-dealkylation sites (tertiary alicyclic amines) is 1. The van der Waals surface area contributed by atoms with E-state index in [0.29, 0.717) is 48.0 Å². The number of amides is 2. The third-order valence-electron chi connectivity index (χ3n) is 6.66. The first-order chi connectivity index (χ1) is 20.4. The summed E-state index contributed by atoms with van der Waals surface area (Å²) in [6.07, 6.45) is 3.31. The van der Waals surface area contributed by atoms with Gasteiger partial charge in [-0.15, -0.1) is 10.2 Å². The molecule has 13 heteroatoms. The summed E-state index contributed by atoms with van der Waals surface area (Å²) in [5.41, 5.74) is 0.948. The molecule has 2 aromatic carbocycles. The predicted octanol–water partition coefficient (Wildman–Crippen LogP) is 4.86. The number of anilines is 1. The number of thiazole rings is 1. The summed E-state index contributed by atoms with van der Waals surface area (Å²) >= 11 is 1.00. The topological polar surface area (TPSA) is 146 Å². The molecule has 2 fully saturated rings. The fourth-order valence-corrected chi connectivity index (χ4v) is 5.24. The van der Waals surface area contributed by atoms with Crippen LogP contribution in [-0.4, -0.2) is 63.2 Å². The number of esters is 1. The maximum atomic E-state index is 13.3. The van der Waals surface area contributed by atoms with Crippen LogP contribution in [0.4, 0.5) is 5.13 Å². The zero-order valence-electron chi connectivity index (χ0n) is 22.9. The van der Waals surface area contributed by atoms with Gasteiger partial charge >= 0.3 is 5.97 Å². The van der Waals surface area contributed by atoms with E-state index >= 15 is 0 Å². The van der Waals surface area contributed by atoms with Gasteiger partial charge < -0.3 is 23.5 Å². The molecule has 0 radical (unpaired) electrons. The van der Waals surface area contributed by atoms with E-state index in [4.69, 9.17) is 18.6 Å². The van der Waals surface area contributed by atoms with Crippen molar-refractivity contribution in [2.24, 2.45) is 0 Å². The highest BCUT2D eigenvalue weighted by atomic mass is 32.1. The normalized spacial score (nSPS) is 16.4. The Labute approximate surface area is 244 Å². The minimum Gasteiger partial charge on any atom is -0.480 e. The van der Waals surface area contributed by atoms with Crippen LogP contribution in [0.3, 0.4) is 0 Å². The van der Waals surface area contributed by atoms with E-state index in [9.17, 15) is 14.4 Å². The van der Waals surface area contributed by atoms with E-state index in [1.807, 2.05) is 4.90 Å². The van der Waals surface area contributed by atoms with Gasteiger partial charge in [0.25, 0.3) is 11.8 Å². The van der Waals surface area contributed by atoms with Crippen molar-refractivity contribution in [2.75, 3.05) is 18.5 Å². The molecule has 0 bridgehead atoms. The fraction of sp³-hybridized carbons (Fsp3) is 0.310. The highest BCUT2D eigenvalue weighted by Gasteiger charge is 2.41. The molecular weight excluding hydrogens is 562 g/mol. The first-order valence-corrected chi connectivity index (χ1v) is 14.3. The van der Waals surface area contributed by atoms with Crippen molar-refractivity contribution in [1.82, 2.24) is 20.1 Å². The van der Waals surface area contributed by atoms with Crippen LogP contribution in [0.1, 0.15) is 52.1 Å². The summed E-state index contributed by atoms with van der Waals surface area (Å²) in [5, 5.41) is 10.8. The van der Waals surface area contributed by atoms with Crippen LogP contribution >= 0.6 is 11.3 Å². The zero-order valence-corrected chi connectivity index (χ0v) is 23.7. The van der Waals surface area contributed by atoms with E-state index in [2.05, 4.69) is 20.5 Å². The second kappa shape index (κ2) is 11.6. The molecule has 216 valence electrons. The van der Waals surface area contributed by atoms with Crippen LogP contribution in [0.5, 0.6) is 17.2 Å². The van der Waals surface area contributed by atoms with Gasteiger partial charge in [-0.1, -0.05) is 11.3 Å². The fourth-order valence-electron chi connectivity index (χ4n) is 4.54. The van der Waals surface area contributed by atoms with E-state index < -0.39 is 18.0 Å². The first-order valence-electron chi connectivity index (χ1n) is 13.5. The number of benzene rings is 2. The lowest BCUT2D eigenvalue weighted by atomic mass is 10.1. The number of nitrogens with zero attached hydrogens (tertiary/aromatic N) is 4. The summed E-state index contributed by atoms with van der Waals surface area (Å²) in [7, 11) is 0. The minimum absolute atomic E-state index is 0.0454. The van der Waals surface area contributed by atoms with Crippen LogP contribution in [0.15, 0.2) is 53.1 Å². The summed E-state index contributed by atoms with van der Waals surface area (Å²) in [6, 6.07) is 12.1. The molecule has 1 aliphatic carbocycles. The second-order valence-electron chi connectivity index (χ2n) is 9.81. The SMILES string of the molecule is CCOC(=O)c1cnc(NC(=O)c2cc(Oc3ccc(-c4nnc(C)o4)cc3)cc(OC3CCN(C4CC4)C3=O)c2)s1. The summed E-state index contributed by atoms with van der Waals surface area (Å²) < 4.78 is 22.7. The lowest BCUT2D eigenvalue weighted by molar-refractivity contribution is -0.133. The number of hydrogen-bond donors (Lipinski definition) is 1. The maximum absolute atomic E-state index is 13.3. The van der Waals surface area contributed by atoms with Crippen molar-refractivity contribution in [3.05, 3.63) is 65.0 Å². The second-order valence-corrected chi connectivity index (χ2v) is 10.8. The lowest BCUT2D eigenvalue weighted by Crippen LogP contribution is -2.33. The van der Waals surface area contributed by atoms with Gasteiger partial charge in [-0.3, -0.25) is 14.9 Å². The monoisotopic (exact) mass is 589 g/mol. The molecule has 1 unspecified atom stereocenters. The molecule has 4 aromatic rings. The van der Waals surface area contributed by atoms with Crippen LogP contribution in [0, 0.1) is 6.92 Å². The highest BCUT2D eigenvalue weighted by Crippen LogP contribution is 2.34. The first kappa shape index (κ1) is 27.4. The van der Waals surface area contributed by atoms with Gasteiger partial charge in [0.05, 0.1) is 12.8 Å². The molecule has 12 nitrogen and oxygen atoms in total. The maximum Gasteiger partial charge on any atom is 0.350 e. The van der Waals surface area contributed by atoms with Gasteiger partial charge in [0, 0.05) is 43.1 Å². The van der Waals surface area contributed by atoms with Gasteiger partial charge in [0.2, 0.25) is 11.8 Å². The number of carbonyl (C=O) groups excluding carboxylic acids is 3. The Balaban J connectivity index is 1.23. The molecule has 2 amide bonds. The largest absolute Gasteiger partial charge is 0.480 e. The van der Waals surface area contributed by atoms with E-state index in [1.165, 1.54) is 6.20 Å². The van der Waals surface area contributed by atoms with E-state index in [-0.39, 0.29) is 28.1 Å². The lowest BCUT2D eigenvalue weighted by Gasteiger charge is -2.17. The number of aryl methyl sites for hydroxylation is 1. The van der Waals surface area contributed by atoms with Gasteiger partial charge in [0.15, 0.2) is 11.2 Å². The molecule has 3 heterocycles. The Morgan fingerprint density at radius 2 is 1.86 bits per heavy atom. The number of rotatable bonds is 10. The van der Waals surface area contributed by atoms with Crippen molar-refractivity contribution in [2.45, 2.75) is 45.3 Å². The van der Waals surface area contributed by atoms with Crippen LogP contribution in [0.25, 0.3) is 11.5 Å². The molecule has 42 heavy (non-hydrogen) atoms. The van der Waals surface area contributed by atoms with Gasteiger partial charge in [0.1, 0.15) is 22.1 Å². The number of carbonyl (C=O) groups is 3. The Bertz CT molecular complexity index is 1630. The summed E-state index contributed by atoms with van der Waals surface area (Å²) in [4.78, 5) is 44.4. The molecule has 2 aromatic heterocycles. The highest BCUT2D eigenvalue weighted by molar-refractivity contribution is 7.17. The van der Waals surface area contributed by atoms with Gasteiger partial charge in [-0.25, -0.2) is 9.78 Å². The number of hydrogen-bond acceptors (Lipinski definition) is 11. The third-order valence-corrected chi connectivity index (χ3v) is 7.56. The Morgan fingerprint density at radius 3 is 2.57 bits per heavy atom. The molecule has 1 saturated heterocycles. The molecule has 1 saturated carbocycles. The molecular formula is C29H27N5O7S. The Kier molecular flexibility index (Phi) is 7.57. The van der Waals surface area contributed by atoms with Crippen LogP contribution in [0.2, 0.25) is 0 Å². The van der Waals surface area contributed by atoms with E-state index in [1.54, 1.807) is 56.3 Å². The summed E-state index contributed by atoms with van der Waals surface area (Å²) in [6.45, 7) is 4.31. The average molecular weight is 590 g/mol. The predicted molar refractivity (Wildman–Crippen MR) is 151 cm³/mol. The van der Waals surface area contributed by atoms with Crippen LogP contribution in [-0.2, 0) is 9.53 Å². The van der Waals surface area contributed by atoms with Crippen LogP contribution < -0.4 is 14.8 Å². The number of ether oxygens (including phenoxy) is 3. The standard InChI is InChI=1S/C29H27N5O7S/c1-3-38-28(37)24-15-30-29(42-24)31-25(35)18-12-21(40-20-8-4-17(5-9-20)26-33-32-16(2)39-26)14-22(13-18)41-23-10-11-34(27(23)36)19-6-7-19/h4-5,8-9,12-15,19,23H,3,6-7,10-11H2,1-2H3,(H,30,31,35). The van der Waals surface area contributed by atoms with Gasteiger partial charge in [-0.05, 0) is 56.2 Å². The van der Waals surface area contributed by atoms with E-state index in [0.717, 1.165) is 29.7 Å². The van der Waals surface area contributed by atoms with Crippen molar-refractivity contribution in [3.63, 3.8) is 0 Å². The molecule has 2 aliphatic rings. The van der Waals surface area contributed by atoms with Gasteiger partial charge in [-0.2, -0.15) is 0 Å². The number of aromatic nitrogens is 3. The Hall–Kier alpha value is -4.78. The quantitative estimate of drug-likeness (QED) is 0.254. The van der Waals surface area contributed by atoms with Crippen molar-refractivity contribution < 1.29 is 33.0 Å². The molecule has 1 atom stereocenters. The minimum atomic E-state index is -0.639. The molecule has 1 N–H and O–H groups in total. The van der Waals surface area contributed by atoms with Crippen molar-refractivity contribution in [1.29, 1.82) is 0 Å². The van der Waals surface area contributed by atoms with Crippen molar-refractivity contribution >= 4 is 34.3 Å². The molecule has 0 spiro atoms.